The Balaban J connectivity index is 1.35. The SMILES string of the molecule is CCCCCCCCCCCCCCCCOCCC[P+](=S)CO[C@H](C)Cn1cnc2c(N)ncnc21. The molecule has 2 heterocycles. The van der Waals surface area contributed by atoms with Crippen LogP contribution in [-0.4, -0.2) is 51.3 Å². The third-order valence-corrected chi connectivity index (χ3v) is 8.84. The van der Waals surface area contributed by atoms with Crippen LogP contribution in [0.3, 0.4) is 0 Å². The molecule has 2 N–H and O–H groups in total. The first kappa shape index (κ1) is 32.0. The molecule has 2 atom stereocenters. The number of aromatic nitrogens is 4. The molecule has 2 aromatic heterocycles. The topological polar surface area (TPSA) is 88.1 Å². The van der Waals surface area contributed by atoms with Crippen LogP contribution in [0.5, 0.6) is 0 Å². The minimum absolute atomic E-state index is 0.0260. The summed E-state index contributed by atoms with van der Waals surface area (Å²) in [7, 11) is 0. The van der Waals surface area contributed by atoms with Gasteiger partial charge in [0.05, 0.1) is 25.6 Å². The number of nitrogens with zero attached hydrogens (tertiary/aromatic N) is 4. The maximum Gasteiger partial charge on any atom is 0.217 e. The van der Waals surface area contributed by atoms with Gasteiger partial charge in [-0.2, -0.15) is 0 Å². The Labute approximate surface area is 231 Å². The van der Waals surface area contributed by atoms with Crippen molar-refractivity contribution in [3.63, 3.8) is 0 Å². The Morgan fingerprint density at radius 2 is 1.46 bits per heavy atom. The number of hydrogen-bond acceptors (Lipinski definition) is 7. The van der Waals surface area contributed by atoms with Crippen molar-refractivity contribution in [1.29, 1.82) is 0 Å². The zero-order chi connectivity index (χ0) is 26.6. The molecule has 0 fully saturated rings. The summed E-state index contributed by atoms with van der Waals surface area (Å²) in [6.07, 6.45) is 25.3. The van der Waals surface area contributed by atoms with Crippen LogP contribution in [0.25, 0.3) is 11.2 Å². The third kappa shape index (κ3) is 14.5. The van der Waals surface area contributed by atoms with Gasteiger partial charge in [-0.05, 0) is 13.3 Å². The van der Waals surface area contributed by atoms with E-state index in [0.717, 1.165) is 31.4 Å². The summed E-state index contributed by atoms with van der Waals surface area (Å²) in [5, 5.41) is 0. The van der Waals surface area contributed by atoms with E-state index in [1.807, 2.05) is 4.57 Å². The number of fused-ring (bicyclic) bond motifs is 1. The quantitative estimate of drug-likeness (QED) is 0.106. The second kappa shape index (κ2) is 20.7. The molecule has 0 aromatic carbocycles. The molecular formula is C28H51N5O2PS+. The molecule has 0 aliphatic rings. The summed E-state index contributed by atoms with van der Waals surface area (Å²) in [6, 6.07) is 0. The smallest absolute Gasteiger partial charge is 0.217 e. The first-order valence-corrected chi connectivity index (χ1v) is 17.4. The maximum absolute atomic E-state index is 6.00. The molecule has 0 saturated carbocycles. The molecule has 0 spiro atoms. The van der Waals surface area contributed by atoms with Crippen molar-refractivity contribution in [3.8, 4) is 0 Å². The second-order valence-corrected chi connectivity index (χ2v) is 13.4. The highest BCUT2D eigenvalue weighted by molar-refractivity contribution is 8.05. The molecule has 0 aliphatic heterocycles. The lowest BCUT2D eigenvalue weighted by Crippen LogP contribution is -2.16. The van der Waals surface area contributed by atoms with E-state index < -0.39 is 6.70 Å². The molecule has 0 amide bonds. The van der Waals surface area contributed by atoms with Gasteiger partial charge in [-0.15, -0.1) is 0 Å². The number of nitrogen functional groups attached to an aromatic ring is 1. The zero-order valence-electron chi connectivity index (χ0n) is 23.4. The summed E-state index contributed by atoms with van der Waals surface area (Å²) in [6.45, 7) is 6.14. The number of rotatable bonds is 24. The fraction of sp³-hybridized carbons (Fsp3) is 0.821. The van der Waals surface area contributed by atoms with Gasteiger partial charge >= 0.3 is 0 Å². The fourth-order valence-electron chi connectivity index (χ4n) is 4.48. The average Bonchev–Trinajstić information content (AvgIpc) is 3.30. The zero-order valence-corrected chi connectivity index (χ0v) is 25.1. The van der Waals surface area contributed by atoms with Crippen LogP contribution in [0.15, 0.2) is 12.7 Å². The van der Waals surface area contributed by atoms with E-state index in [9.17, 15) is 0 Å². The Kier molecular flexibility index (Phi) is 17.9. The molecule has 2 aromatic rings. The van der Waals surface area contributed by atoms with E-state index in [1.54, 1.807) is 6.33 Å². The van der Waals surface area contributed by atoms with E-state index in [-0.39, 0.29) is 6.10 Å². The standard InChI is InChI=1S/C28H51N5O2PS/c1-3-4-5-6-7-8-9-10-11-12-13-14-15-16-18-34-19-17-20-36(37)24-35-25(2)21-33-23-32-26-27(29)30-22-31-28(26)33/h22-23,25H,3-21,24H2,1-2H3,(H2,29,30,31)/q+1/t25-/m1/s1. The molecule has 37 heavy (non-hydrogen) atoms. The van der Waals surface area contributed by atoms with Crippen LogP contribution in [0, 0.1) is 0 Å². The fourth-order valence-corrected chi connectivity index (χ4v) is 6.08. The van der Waals surface area contributed by atoms with Crippen LogP contribution in [0.4, 0.5) is 5.82 Å². The number of unbranched alkanes of at least 4 members (excludes halogenated alkanes) is 13. The van der Waals surface area contributed by atoms with Gasteiger partial charge in [-0.3, -0.25) is 0 Å². The highest BCUT2D eigenvalue weighted by Crippen LogP contribution is 2.23. The molecule has 0 saturated heterocycles. The highest BCUT2D eigenvalue weighted by atomic mass is 32.4. The predicted molar refractivity (Wildman–Crippen MR) is 160 cm³/mol. The maximum atomic E-state index is 6.00. The molecule has 0 radical (unpaired) electrons. The van der Waals surface area contributed by atoms with Crippen molar-refractivity contribution in [2.24, 2.45) is 0 Å². The van der Waals surface area contributed by atoms with Gasteiger partial charge < -0.3 is 19.8 Å². The van der Waals surface area contributed by atoms with E-state index in [0.29, 0.717) is 24.2 Å². The molecule has 210 valence electrons. The lowest BCUT2D eigenvalue weighted by atomic mass is 10.0. The molecule has 0 bridgehead atoms. The van der Waals surface area contributed by atoms with Crippen LogP contribution >= 0.6 is 6.70 Å². The second-order valence-electron chi connectivity index (χ2n) is 10.2. The Bertz CT molecular complexity index is 866. The molecule has 9 heteroatoms. The Morgan fingerprint density at radius 3 is 2.11 bits per heavy atom. The van der Waals surface area contributed by atoms with Gasteiger partial charge in [0.2, 0.25) is 13.0 Å². The Hall–Kier alpha value is -1.21. The Morgan fingerprint density at radius 1 is 0.865 bits per heavy atom. The van der Waals surface area contributed by atoms with Crippen molar-refractivity contribution in [3.05, 3.63) is 12.7 Å². The summed E-state index contributed by atoms with van der Waals surface area (Å²) in [4.78, 5) is 12.6. The normalized spacial score (nSPS) is 12.9. The van der Waals surface area contributed by atoms with Gasteiger partial charge in [-0.1, -0.05) is 90.4 Å². The monoisotopic (exact) mass is 552 g/mol. The third-order valence-electron chi connectivity index (χ3n) is 6.72. The number of imidazole rings is 1. The van der Waals surface area contributed by atoms with Crippen LogP contribution in [0.2, 0.25) is 0 Å². The van der Waals surface area contributed by atoms with Crippen LogP contribution in [-0.2, 0) is 27.8 Å². The van der Waals surface area contributed by atoms with Gasteiger partial charge in [0.25, 0.3) is 0 Å². The van der Waals surface area contributed by atoms with E-state index in [2.05, 4.69) is 28.8 Å². The lowest BCUT2D eigenvalue weighted by Gasteiger charge is -2.11. The number of anilines is 1. The largest absolute Gasteiger partial charge is 0.382 e. The first-order chi connectivity index (χ1) is 18.1. The minimum Gasteiger partial charge on any atom is -0.382 e. The summed E-state index contributed by atoms with van der Waals surface area (Å²) in [5.74, 6) is 0.401. The van der Waals surface area contributed by atoms with Crippen LogP contribution in [0.1, 0.15) is 110 Å². The van der Waals surface area contributed by atoms with Gasteiger partial charge in [0.1, 0.15) is 18.0 Å². The van der Waals surface area contributed by atoms with Crippen molar-refractivity contribution < 1.29 is 9.47 Å². The van der Waals surface area contributed by atoms with Crippen LogP contribution < -0.4 is 5.73 Å². The van der Waals surface area contributed by atoms with E-state index >= 15 is 0 Å². The predicted octanol–water partition coefficient (Wildman–Crippen LogP) is 7.60. The van der Waals surface area contributed by atoms with Crippen molar-refractivity contribution in [2.45, 2.75) is 123 Å². The summed E-state index contributed by atoms with van der Waals surface area (Å²) in [5.41, 5.74) is 7.23. The molecular weight excluding hydrogens is 501 g/mol. The van der Waals surface area contributed by atoms with Crippen molar-refractivity contribution in [1.82, 2.24) is 19.5 Å². The van der Waals surface area contributed by atoms with Gasteiger partial charge in [-0.25, -0.2) is 15.0 Å². The number of hydrogen-bond donors (Lipinski definition) is 1. The average molecular weight is 553 g/mol. The van der Waals surface area contributed by atoms with E-state index in [4.69, 9.17) is 27.0 Å². The van der Waals surface area contributed by atoms with Crippen molar-refractivity contribution in [2.75, 3.05) is 31.5 Å². The number of ether oxygens (including phenoxy) is 2. The molecule has 1 unspecified atom stereocenters. The summed E-state index contributed by atoms with van der Waals surface area (Å²) >= 11 is 5.64. The van der Waals surface area contributed by atoms with Gasteiger partial charge in [0.15, 0.2) is 23.3 Å². The highest BCUT2D eigenvalue weighted by Gasteiger charge is 2.15. The molecule has 7 nitrogen and oxygen atoms in total. The number of nitrogens with two attached hydrogens (primary N) is 1. The van der Waals surface area contributed by atoms with Gasteiger partial charge in [0, 0.05) is 13.0 Å². The lowest BCUT2D eigenvalue weighted by molar-refractivity contribution is 0.0899. The minimum atomic E-state index is -0.550. The van der Waals surface area contributed by atoms with Crippen molar-refractivity contribution >= 4 is 35.5 Å². The van der Waals surface area contributed by atoms with E-state index in [1.165, 1.54) is 96.2 Å². The molecule has 2 rings (SSSR count). The molecule has 0 aliphatic carbocycles. The first-order valence-electron chi connectivity index (χ1n) is 14.6. The summed E-state index contributed by atoms with van der Waals surface area (Å²) < 4.78 is 13.8.